The highest BCUT2D eigenvalue weighted by atomic mass is 32.2. The summed E-state index contributed by atoms with van der Waals surface area (Å²) < 4.78 is 9.31. The molecule has 0 aromatic carbocycles. The lowest BCUT2D eigenvalue weighted by Crippen LogP contribution is -2.32. The fourth-order valence-corrected chi connectivity index (χ4v) is 2.17. The van der Waals surface area contributed by atoms with E-state index < -0.39 is 12.1 Å². The Morgan fingerprint density at radius 1 is 1.00 bits per heavy atom. The number of nitrogens with two attached hydrogens (primary N) is 2. The van der Waals surface area contributed by atoms with Crippen molar-refractivity contribution >= 4 is 35.5 Å². The maximum Gasteiger partial charge on any atom is 0.322 e. The zero-order valence-corrected chi connectivity index (χ0v) is 15.6. The van der Waals surface area contributed by atoms with E-state index >= 15 is 0 Å². The molecule has 22 heavy (non-hydrogen) atoms. The summed E-state index contributed by atoms with van der Waals surface area (Å²) in [6.45, 7) is 2.44. The SMILES string of the molecule is CCCOC(=O)[C@@H](N)CCSC.COC(=O)[C@@H](N)CCSC. The quantitative estimate of drug-likeness (QED) is 0.565. The molecule has 0 saturated heterocycles. The summed E-state index contributed by atoms with van der Waals surface area (Å²) >= 11 is 3.35. The number of esters is 2. The van der Waals surface area contributed by atoms with Crippen LogP contribution in [-0.2, 0) is 19.1 Å². The molecule has 0 spiro atoms. The van der Waals surface area contributed by atoms with Gasteiger partial charge < -0.3 is 20.9 Å². The van der Waals surface area contributed by atoms with Crippen molar-refractivity contribution in [2.24, 2.45) is 11.5 Å². The van der Waals surface area contributed by atoms with Crippen LogP contribution in [0.4, 0.5) is 0 Å². The third-order valence-electron chi connectivity index (χ3n) is 2.52. The smallest absolute Gasteiger partial charge is 0.322 e. The van der Waals surface area contributed by atoms with Gasteiger partial charge in [-0.2, -0.15) is 23.5 Å². The number of methoxy groups -OCH3 is 1. The van der Waals surface area contributed by atoms with Crippen LogP contribution in [-0.4, -0.2) is 61.8 Å². The monoisotopic (exact) mass is 354 g/mol. The first-order valence-electron chi connectivity index (χ1n) is 7.17. The number of hydrogen-bond acceptors (Lipinski definition) is 8. The number of thioether (sulfide) groups is 2. The fourth-order valence-electron chi connectivity index (χ4n) is 1.19. The van der Waals surface area contributed by atoms with Gasteiger partial charge in [-0.1, -0.05) is 6.92 Å². The van der Waals surface area contributed by atoms with Gasteiger partial charge in [-0.05, 0) is 43.3 Å². The Morgan fingerprint density at radius 3 is 1.82 bits per heavy atom. The predicted octanol–water partition coefficient (Wildman–Crippen LogP) is 1.26. The fraction of sp³-hybridized carbons (Fsp3) is 0.857. The maximum atomic E-state index is 11.1. The third kappa shape index (κ3) is 14.5. The van der Waals surface area contributed by atoms with E-state index in [9.17, 15) is 9.59 Å². The molecule has 2 atom stereocenters. The first kappa shape index (κ1) is 23.8. The molecular formula is C14H30N2O4S2. The van der Waals surface area contributed by atoms with Gasteiger partial charge in [0.25, 0.3) is 0 Å². The van der Waals surface area contributed by atoms with Crippen LogP contribution in [0.5, 0.6) is 0 Å². The number of carbonyl (C=O) groups is 2. The number of carbonyl (C=O) groups excluding carboxylic acids is 2. The molecule has 6 nitrogen and oxygen atoms in total. The summed E-state index contributed by atoms with van der Waals surface area (Å²) in [6, 6.07) is -0.888. The lowest BCUT2D eigenvalue weighted by molar-refractivity contribution is -0.145. The molecule has 0 aromatic heterocycles. The Labute approximate surface area is 142 Å². The summed E-state index contributed by atoms with van der Waals surface area (Å²) in [4.78, 5) is 21.7. The molecule has 0 bridgehead atoms. The molecule has 0 saturated carbocycles. The number of hydrogen-bond donors (Lipinski definition) is 2. The van der Waals surface area contributed by atoms with E-state index in [0.717, 1.165) is 17.9 Å². The molecule has 0 amide bonds. The average Bonchev–Trinajstić information content (AvgIpc) is 2.54. The van der Waals surface area contributed by atoms with Crippen LogP contribution in [0.3, 0.4) is 0 Å². The molecule has 8 heteroatoms. The summed E-state index contributed by atoms with van der Waals surface area (Å²) in [7, 11) is 1.35. The second-order valence-corrected chi connectivity index (χ2v) is 6.44. The first-order chi connectivity index (χ1) is 10.4. The molecule has 0 aliphatic carbocycles. The molecule has 0 fully saturated rings. The van der Waals surface area contributed by atoms with Gasteiger partial charge >= 0.3 is 11.9 Å². The van der Waals surface area contributed by atoms with Crippen molar-refractivity contribution in [3.8, 4) is 0 Å². The van der Waals surface area contributed by atoms with Crippen molar-refractivity contribution in [1.82, 2.24) is 0 Å². The van der Waals surface area contributed by atoms with Crippen molar-refractivity contribution in [3.05, 3.63) is 0 Å². The van der Waals surface area contributed by atoms with Gasteiger partial charge in [0, 0.05) is 0 Å². The van der Waals surface area contributed by atoms with Crippen LogP contribution in [0.25, 0.3) is 0 Å². The van der Waals surface area contributed by atoms with Crippen LogP contribution >= 0.6 is 23.5 Å². The zero-order chi connectivity index (χ0) is 17.4. The Balaban J connectivity index is 0. The van der Waals surface area contributed by atoms with Crippen LogP contribution < -0.4 is 11.5 Å². The average molecular weight is 355 g/mol. The minimum atomic E-state index is -0.447. The van der Waals surface area contributed by atoms with Gasteiger partial charge in [-0.15, -0.1) is 0 Å². The molecular weight excluding hydrogens is 324 g/mol. The molecule has 0 rings (SSSR count). The van der Waals surface area contributed by atoms with E-state index in [1.165, 1.54) is 7.11 Å². The predicted molar refractivity (Wildman–Crippen MR) is 95.2 cm³/mol. The van der Waals surface area contributed by atoms with Crippen LogP contribution in [0.2, 0.25) is 0 Å². The van der Waals surface area contributed by atoms with Gasteiger partial charge in [-0.25, -0.2) is 0 Å². The summed E-state index contributed by atoms with van der Waals surface area (Å²) in [5.41, 5.74) is 11.0. The lowest BCUT2D eigenvalue weighted by atomic mass is 10.2. The molecule has 0 heterocycles. The van der Waals surface area contributed by atoms with E-state index in [1.54, 1.807) is 23.5 Å². The molecule has 0 aliphatic heterocycles. The second kappa shape index (κ2) is 16.9. The largest absolute Gasteiger partial charge is 0.468 e. The maximum absolute atomic E-state index is 11.1. The van der Waals surface area contributed by atoms with Crippen molar-refractivity contribution < 1.29 is 19.1 Å². The Hall–Kier alpha value is -0.440. The van der Waals surface area contributed by atoms with Crippen molar-refractivity contribution in [2.75, 3.05) is 37.7 Å². The molecule has 0 aliphatic rings. The highest BCUT2D eigenvalue weighted by Crippen LogP contribution is 2.00. The second-order valence-electron chi connectivity index (χ2n) is 4.47. The number of rotatable bonds is 10. The summed E-state index contributed by atoms with van der Waals surface area (Å²) in [5, 5.41) is 0. The zero-order valence-electron chi connectivity index (χ0n) is 14.0. The third-order valence-corrected chi connectivity index (χ3v) is 3.81. The Kier molecular flexibility index (Phi) is 18.3. The van der Waals surface area contributed by atoms with Gasteiger partial charge in [0.05, 0.1) is 13.7 Å². The minimum Gasteiger partial charge on any atom is -0.468 e. The van der Waals surface area contributed by atoms with Crippen LogP contribution in [0.1, 0.15) is 26.2 Å². The van der Waals surface area contributed by atoms with Gasteiger partial charge in [-0.3, -0.25) is 9.59 Å². The molecule has 0 aromatic rings. The van der Waals surface area contributed by atoms with E-state index in [0.29, 0.717) is 19.4 Å². The topological polar surface area (TPSA) is 105 Å². The Morgan fingerprint density at radius 2 is 1.45 bits per heavy atom. The van der Waals surface area contributed by atoms with Crippen molar-refractivity contribution in [2.45, 2.75) is 38.3 Å². The van der Waals surface area contributed by atoms with E-state index in [1.807, 2.05) is 19.4 Å². The van der Waals surface area contributed by atoms with Gasteiger partial charge in [0.2, 0.25) is 0 Å². The highest BCUT2D eigenvalue weighted by Gasteiger charge is 2.13. The van der Waals surface area contributed by atoms with E-state index in [-0.39, 0.29) is 11.9 Å². The normalized spacial score (nSPS) is 12.6. The summed E-state index contributed by atoms with van der Waals surface area (Å²) in [5.74, 6) is 1.21. The number of ether oxygens (including phenoxy) is 2. The molecule has 132 valence electrons. The molecule has 0 unspecified atom stereocenters. The lowest BCUT2D eigenvalue weighted by Gasteiger charge is -2.09. The highest BCUT2D eigenvalue weighted by molar-refractivity contribution is 7.98. The summed E-state index contributed by atoms with van der Waals surface area (Å²) in [6.07, 6.45) is 6.20. The standard InChI is InChI=1S/C8H17NO2S.C6H13NO2S/c1-3-5-11-8(10)7(9)4-6-12-2;1-9-6(8)5(7)3-4-10-2/h7H,3-6,9H2,1-2H3;5H,3-4,7H2,1-2H3/t7-;5-/m00/s1. The van der Waals surface area contributed by atoms with Crippen molar-refractivity contribution in [1.29, 1.82) is 0 Å². The van der Waals surface area contributed by atoms with E-state index in [4.69, 9.17) is 16.2 Å². The van der Waals surface area contributed by atoms with Gasteiger partial charge in [0.1, 0.15) is 12.1 Å². The first-order valence-corrected chi connectivity index (χ1v) is 9.96. The van der Waals surface area contributed by atoms with E-state index in [2.05, 4.69) is 4.74 Å². The molecule has 0 radical (unpaired) electrons. The van der Waals surface area contributed by atoms with Crippen LogP contribution in [0.15, 0.2) is 0 Å². The van der Waals surface area contributed by atoms with Gasteiger partial charge in [0.15, 0.2) is 0 Å². The van der Waals surface area contributed by atoms with Crippen molar-refractivity contribution in [3.63, 3.8) is 0 Å². The Bertz CT molecular complexity index is 294. The minimum absolute atomic E-state index is 0.272. The molecule has 4 N–H and O–H groups in total. The van der Waals surface area contributed by atoms with Crippen LogP contribution in [0, 0.1) is 0 Å².